The second-order valence-corrected chi connectivity index (χ2v) is 2.53. The number of hydrogen-bond acceptors (Lipinski definition) is 3. The molecule has 0 aromatic carbocycles. The molecule has 1 rings (SSSR count). The van der Waals surface area contributed by atoms with E-state index in [9.17, 15) is 0 Å². The van der Waals surface area contributed by atoms with E-state index in [1.165, 1.54) is 0 Å². The third kappa shape index (κ3) is 2.14. The Balaban J connectivity index is 2.64. The van der Waals surface area contributed by atoms with Crippen LogP contribution in [0.15, 0.2) is 24.5 Å². The fourth-order valence-corrected chi connectivity index (χ4v) is 0.981. The lowest BCUT2D eigenvalue weighted by Gasteiger charge is -1.95. The van der Waals surface area contributed by atoms with Crippen LogP contribution in [0.5, 0.6) is 0 Å². The molecule has 1 aromatic heterocycles. The van der Waals surface area contributed by atoms with E-state index in [4.69, 9.17) is 5.26 Å². The summed E-state index contributed by atoms with van der Waals surface area (Å²) < 4.78 is 1.78. The lowest BCUT2D eigenvalue weighted by molar-refractivity contribution is 0.803. The molecule has 0 unspecified atom stereocenters. The molecule has 0 atom stereocenters. The van der Waals surface area contributed by atoms with Crippen molar-refractivity contribution in [2.24, 2.45) is 0 Å². The second-order valence-electron chi connectivity index (χ2n) is 2.17. The Bertz CT molecular complexity index is 308. The summed E-state index contributed by atoms with van der Waals surface area (Å²) in [7, 11) is 0. The number of nitrogens with zero attached hydrogens (tertiary/aromatic N) is 3. The van der Waals surface area contributed by atoms with Gasteiger partial charge in [0, 0.05) is 24.7 Å². The van der Waals surface area contributed by atoms with Crippen LogP contribution in [0.1, 0.15) is 5.82 Å². The van der Waals surface area contributed by atoms with Gasteiger partial charge in [0.15, 0.2) is 0 Å². The Kier molecular flexibility index (Phi) is 3.42. The number of thiol groups is 1. The summed E-state index contributed by atoms with van der Waals surface area (Å²) in [6, 6.07) is 2.00. The smallest absolute Gasteiger partial charge is 0.212 e. The maximum Gasteiger partial charge on any atom is 0.212 e. The molecule has 0 saturated heterocycles. The number of rotatable bonds is 3. The van der Waals surface area contributed by atoms with E-state index in [1.54, 1.807) is 17.0 Å². The zero-order valence-electron chi connectivity index (χ0n) is 6.51. The van der Waals surface area contributed by atoms with E-state index in [0.29, 0.717) is 12.4 Å². The summed E-state index contributed by atoms with van der Waals surface area (Å²) >= 11 is 4.02. The summed E-state index contributed by atoms with van der Waals surface area (Å²) in [6.07, 6.45) is 7.29. The maximum absolute atomic E-state index is 8.59. The molecule has 0 N–H and O–H groups in total. The molecular weight excluding hydrogens is 170 g/mol. The summed E-state index contributed by atoms with van der Waals surface area (Å²) in [4.78, 5) is 3.86. The summed E-state index contributed by atoms with van der Waals surface area (Å²) in [5.41, 5.74) is 0. The van der Waals surface area contributed by atoms with E-state index in [-0.39, 0.29) is 0 Å². The Morgan fingerprint density at radius 2 is 2.50 bits per heavy atom. The predicted octanol–water partition coefficient (Wildman–Crippen LogP) is 1.24. The molecule has 1 aromatic rings. The van der Waals surface area contributed by atoms with Crippen LogP contribution in [-0.4, -0.2) is 15.3 Å². The first kappa shape index (κ1) is 8.88. The molecule has 0 fully saturated rings. The average molecular weight is 179 g/mol. The monoisotopic (exact) mass is 179 g/mol. The lowest BCUT2D eigenvalue weighted by atomic mass is 10.5. The van der Waals surface area contributed by atoms with Crippen LogP contribution in [0, 0.1) is 11.3 Å². The van der Waals surface area contributed by atoms with Crippen molar-refractivity contribution in [3.05, 3.63) is 30.4 Å². The SMILES string of the molecule is N#Cc1nccn1CC=CCS. The highest BCUT2D eigenvalue weighted by Crippen LogP contribution is 1.95. The third-order valence-electron chi connectivity index (χ3n) is 1.39. The first-order chi connectivity index (χ1) is 5.88. The van der Waals surface area contributed by atoms with Crippen molar-refractivity contribution in [1.82, 2.24) is 9.55 Å². The van der Waals surface area contributed by atoms with Gasteiger partial charge in [0.2, 0.25) is 5.82 Å². The highest BCUT2D eigenvalue weighted by Gasteiger charge is 1.96. The molecule has 12 heavy (non-hydrogen) atoms. The number of hydrogen-bond donors (Lipinski definition) is 1. The quantitative estimate of drug-likeness (QED) is 0.560. The molecule has 0 aliphatic rings. The molecule has 1 heterocycles. The fourth-order valence-electron chi connectivity index (χ4n) is 0.832. The average Bonchev–Trinajstić information content (AvgIpc) is 2.52. The van der Waals surface area contributed by atoms with Crippen LogP contribution in [0.4, 0.5) is 0 Å². The molecule has 0 radical (unpaired) electrons. The van der Waals surface area contributed by atoms with E-state index in [0.717, 1.165) is 5.75 Å². The van der Waals surface area contributed by atoms with Gasteiger partial charge in [-0.1, -0.05) is 12.2 Å². The van der Waals surface area contributed by atoms with E-state index in [1.807, 2.05) is 18.2 Å². The molecule has 0 aliphatic heterocycles. The lowest BCUT2D eigenvalue weighted by Crippen LogP contribution is -1.96. The van der Waals surface area contributed by atoms with Crippen molar-refractivity contribution in [3.63, 3.8) is 0 Å². The minimum absolute atomic E-state index is 0.443. The molecule has 0 spiro atoms. The Morgan fingerprint density at radius 1 is 1.67 bits per heavy atom. The number of aromatic nitrogens is 2. The van der Waals surface area contributed by atoms with Crippen molar-refractivity contribution in [1.29, 1.82) is 5.26 Å². The van der Waals surface area contributed by atoms with Gasteiger partial charge in [-0.15, -0.1) is 0 Å². The Hall–Kier alpha value is -1.21. The van der Waals surface area contributed by atoms with E-state index in [2.05, 4.69) is 17.6 Å². The zero-order valence-corrected chi connectivity index (χ0v) is 7.41. The maximum atomic E-state index is 8.59. The first-order valence-electron chi connectivity index (χ1n) is 3.55. The Morgan fingerprint density at radius 3 is 3.17 bits per heavy atom. The van der Waals surface area contributed by atoms with Gasteiger partial charge in [0.1, 0.15) is 6.07 Å². The summed E-state index contributed by atoms with van der Waals surface area (Å²) in [6.45, 7) is 0.684. The minimum Gasteiger partial charge on any atom is -0.319 e. The normalized spacial score (nSPS) is 10.3. The fraction of sp³-hybridized carbons (Fsp3) is 0.250. The predicted molar refractivity (Wildman–Crippen MR) is 49.9 cm³/mol. The van der Waals surface area contributed by atoms with Crippen molar-refractivity contribution in [3.8, 4) is 6.07 Å². The van der Waals surface area contributed by atoms with Crippen LogP contribution < -0.4 is 0 Å². The molecular formula is C8H9N3S. The van der Waals surface area contributed by atoms with Crippen LogP contribution in [0.3, 0.4) is 0 Å². The molecule has 0 bridgehead atoms. The van der Waals surface area contributed by atoms with Crippen molar-refractivity contribution in [2.75, 3.05) is 5.75 Å². The van der Waals surface area contributed by atoms with Gasteiger partial charge in [0.05, 0.1) is 0 Å². The van der Waals surface area contributed by atoms with Crippen LogP contribution in [-0.2, 0) is 6.54 Å². The van der Waals surface area contributed by atoms with E-state index >= 15 is 0 Å². The van der Waals surface area contributed by atoms with Crippen molar-refractivity contribution in [2.45, 2.75) is 6.54 Å². The molecule has 0 aliphatic carbocycles. The van der Waals surface area contributed by atoms with E-state index < -0.39 is 0 Å². The van der Waals surface area contributed by atoms with Gasteiger partial charge < -0.3 is 4.57 Å². The number of allylic oxidation sites excluding steroid dienone is 1. The topological polar surface area (TPSA) is 41.6 Å². The minimum atomic E-state index is 0.443. The van der Waals surface area contributed by atoms with Gasteiger partial charge in [-0.3, -0.25) is 0 Å². The summed E-state index contributed by atoms with van der Waals surface area (Å²) in [5, 5.41) is 8.59. The molecule has 4 heteroatoms. The molecule has 0 amide bonds. The highest BCUT2D eigenvalue weighted by molar-refractivity contribution is 7.80. The molecule has 3 nitrogen and oxygen atoms in total. The van der Waals surface area contributed by atoms with Gasteiger partial charge in [-0.05, 0) is 0 Å². The van der Waals surface area contributed by atoms with Gasteiger partial charge >= 0.3 is 0 Å². The van der Waals surface area contributed by atoms with Crippen LogP contribution >= 0.6 is 12.6 Å². The summed E-state index contributed by atoms with van der Waals surface area (Å²) in [5.74, 6) is 1.16. The number of imidazole rings is 1. The van der Waals surface area contributed by atoms with Crippen molar-refractivity contribution < 1.29 is 0 Å². The van der Waals surface area contributed by atoms with Crippen molar-refractivity contribution >= 4 is 12.6 Å². The third-order valence-corrected chi connectivity index (χ3v) is 1.60. The largest absolute Gasteiger partial charge is 0.319 e. The van der Waals surface area contributed by atoms with Gasteiger partial charge in [-0.2, -0.15) is 17.9 Å². The standard InChI is InChI=1S/C8H9N3S/c9-7-8-10-3-5-11(8)4-1-2-6-12/h1-3,5,12H,4,6H2. The van der Waals surface area contributed by atoms with Crippen LogP contribution in [0.2, 0.25) is 0 Å². The molecule has 62 valence electrons. The van der Waals surface area contributed by atoms with Gasteiger partial charge in [0.25, 0.3) is 0 Å². The number of nitriles is 1. The first-order valence-corrected chi connectivity index (χ1v) is 4.19. The Labute approximate surface area is 76.8 Å². The zero-order chi connectivity index (χ0) is 8.81. The molecule has 0 saturated carbocycles. The van der Waals surface area contributed by atoms with Gasteiger partial charge in [-0.25, -0.2) is 4.98 Å². The highest BCUT2D eigenvalue weighted by atomic mass is 32.1. The second kappa shape index (κ2) is 4.62. The van der Waals surface area contributed by atoms with Crippen LogP contribution in [0.25, 0.3) is 0 Å².